The summed E-state index contributed by atoms with van der Waals surface area (Å²) in [4.78, 5) is 25.6. The van der Waals surface area contributed by atoms with Crippen LogP contribution in [0, 0.1) is 6.92 Å². The third-order valence-corrected chi connectivity index (χ3v) is 5.41. The van der Waals surface area contributed by atoms with Crippen LogP contribution in [0.5, 0.6) is 5.75 Å². The molecule has 0 amide bonds. The first-order valence-electron chi connectivity index (χ1n) is 9.67. The van der Waals surface area contributed by atoms with Crippen molar-refractivity contribution < 1.29 is 19.8 Å². The molecule has 4 rings (SSSR count). The highest BCUT2D eigenvalue weighted by atomic mass is 16.4. The highest BCUT2D eigenvalue weighted by molar-refractivity contribution is 6.05. The lowest BCUT2D eigenvalue weighted by Crippen LogP contribution is -2.17. The standard InChI is InChI=1S/C25H21NO4/c1-16-23(21(25(29)30)15-17-7-3-2-4-8-17)20-9-5-6-10-22(20)26(16)24(28)18-11-13-19(27)14-12-18/h2-14,21,27H,15H2,1H3,(H,29,30). The van der Waals surface area contributed by atoms with Crippen LogP contribution in [0.4, 0.5) is 0 Å². The highest BCUT2D eigenvalue weighted by Crippen LogP contribution is 2.34. The van der Waals surface area contributed by atoms with Crippen LogP contribution in [0.15, 0.2) is 78.9 Å². The van der Waals surface area contributed by atoms with E-state index in [-0.39, 0.29) is 11.7 Å². The van der Waals surface area contributed by atoms with Crippen molar-refractivity contribution in [2.24, 2.45) is 0 Å². The Morgan fingerprint density at radius 1 is 0.900 bits per heavy atom. The minimum absolute atomic E-state index is 0.0788. The number of nitrogens with zero attached hydrogens (tertiary/aromatic N) is 1. The Morgan fingerprint density at radius 2 is 1.53 bits per heavy atom. The summed E-state index contributed by atoms with van der Waals surface area (Å²) in [5.74, 6) is -1.90. The summed E-state index contributed by atoms with van der Waals surface area (Å²) in [6, 6.07) is 22.9. The van der Waals surface area contributed by atoms with E-state index in [0.29, 0.717) is 28.8 Å². The predicted molar refractivity (Wildman–Crippen MR) is 115 cm³/mol. The molecule has 0 bridgehead atoms. The van der Waals surface area contributed by atoms with Gasteiger partial charge in [0.05, 0.1) is 11.4 Å². The average molecular weight is 399 g/mol. The molecular formula is C25H21NO4. The number of aliphatic carboxylic acids is 1. The van der Waals surface area contributed by atoms with Gasteiger partial charge in [-0.15, -0.1) is 0 Å². The van der Waals surface area contributed by atoms with Crippen LogP contribution >= 0.6 is 0 Å². The molecule has 0 saturated carbocycles. The van der Waals surface area contributed by atoms with Crippen LogP contribution < -0.4 is 0 Å². The van der Waals surface area contributed by atoms with Gasteiger partial charge < -0.3 is 10.2 Å². The van der Waals surface area contributed by atoms with Gasteiger partial charge in [-0.25, -0.2) is 0 Å². The van der Waals surface area contributed by atoms with Crippen LogP contribution in [0.2, 0.25) is 0 Å². The van der Waals surface area contributed by atoms with Gasteiger partial charge >= 0.3 is 5.97 Å². The number of carbonyl (C=O) groups is 2. The molecule has 3 aromatic carbocycles. The molecule has 0 fully saturated rings. The first kappa shape index (κ1) is 19.5. The molecule has 0 aliphatic heterocycles. The van der Waals surface area contributed by atoms with Crippen molar-refractivity contribution in [2.75, 3.05) is 0 Å². The maximum Gasteiger partial charge on any atom is 0.311 e. The van der Waals surface area contributed by atoms with Crippen molar-refractivity contribution in [2.45, 2.75) is 19.3 Å². The average Bonchev–Trinajstić information content (AvgIpc) is 3.04. The first-order valence-corrected chi connectivity index (χ1v) is 9.67. The fourth-order valence-corrected chi connectivity index (χ4v) is 3.99. The normalized spacial score (nSPS) is 12.0. The van der Waals surface area contributed by atoms with Crippen molar-refractivity contribution in [1.29, 1.82) is 0 Å². The zero-order chi connectivity index (χ0) is 21.3. The summed E-state index contributed by atoms with van der Waals surface area (Å²) >= 11 is 0. The van der Waals surface area contributed by atoms with Crippen molar-refractivity contribution >= 4 is 22.8 Å². The van der Waals surface area contributed by atoms with Crippen LogP contribution in [0.1, 0.15) is 33.1 Å². The van der Waals surface area contributed by atoms with Crippen LogP contribution in [0.25, 0.3) is 10.9 Å². The second-order valence-corrected chi connectivity index (χ2v) is 7.28. The number of para-hydroxylation sites is 1. The molecule has 1 aromatic heterocycles. The van der Waals surface area contributed by atoms with Gasteiger partial charge in [-0.05, 0) is 54.8 Å². The lowest BCUT2D eigenvalue weighted by molar-refractivity contribution is -0.138. The summed E-state index contributed by atoms with van der Waals surface area (Å²) in [5.41, 5.74) is 3.26. The summed E-state index contributed by atoms with van der Waals surface area (Å²) in [5, 5.41) is 20.3. The number of rotatable bonds is 5. The second kappa shape index (κ2) is 7.87. The minimum atomic E-state index is -0.929. The number of hydrogen-bond acceptors (Lipinski definition) is 3. The molecule has 150 valence electrons. The lowest BCUT2D eigenvalue weighted by Gasteiger charge is -2.14. The van der Waals surface area contributed by atoms with E-state index in [1.807, 2.05) is 54.6 Å². The number of aromatic hydroxyl groups is 1. The monoisotopic (exact) mass is 399 g/mol. The number of phenolic OH excluding ortho intramolecular Hbond substituents is 1. The fraction of sp³-hybridized carbons (Fsp3) is 0.120. The predicted octanol–water partition coefficient (Wildman–Crippen LogP) is 4.75. The summed E-state index contributed by atoms with van der Waals surface area (Å²) < 4.78 is 1.57. The number of benzene rings is 3. The summed E-state index contributed by atoms with van der Waals surface area (Å²) in [7, 11) is 0. The molecular weight excluding hydrogens is 378 g/mol. The molecule has 4 aromatic rings. The number of carboxylic acid groups (broad SMARTS) is 1. The lowest BCUT2D eigenvalue weighted by atomic mass is 9.90. The molecule has 2 N–H and O–H groups in total. The third kappa shape index (κ3) is 3.46. The summed E-state index contributed by atoms with van der Waals surface area (Å²) in [6.07, 6.45) is 0.332. The van der Waals surface area contributed by atoms with Gasteiger partial charge in [0.2, 0.25) is 0 Å². The number of fused-ring (bicyclic) bond motifs is 1. The SMILES string of the molecule is Cc1c(C(Cc2ccccc2)C(=O)O)c2ccccc2n1C(=O)c1ccc(O)cc1. The van der Waals surface area contributed by atoms with Crippen molar-refractivity contribution in [1.82, 2.24) is 4.57 Å². The van der Waals surface area contributed by atoms with Crippen LogP contribution in [-0.2, 0) is 11.2 Å². The van der Waals surface area contributed by atoms with E-state index in [0.717, 1.165) is 10.9 Å². The molecule has 0 radical (unpaired) electrons. The Balaban J connectivity index is 1.88. The topological polar surface area (TPSA) is 79.5 Å². The van der Waals surface area contributed by atoms with E-state index in [1.165, 1.54) is 12.1 Å². The fourth-order valence-electron chi connectivity index (χ4n) is 3.99. The van der Waals surface area contributed by atoms with Gasteiger partial charge in [-0.1, -0.05) is 48.5 Å². The van der Waals surface area contributed by atoms with Crippen LogP contribution in [0.3, 0.4) is 0 Å². The summed E-state index contributed by atoms with van der Waals surface area (Å²) in [6.45, 7) is 1.79. The Labute approximate surface area is 173 Å². The van der Waals surface area contributed by atoms with E-state index < -0.39 is 11.9 Å². The van der Waals surface area contributed by atoms with E-state index in [4.69, 9.17) is 0 Å². The smallest absolute Gasteiger partial charge is 0.311 e. The zero-order valence-electron chi connectivity index (χ0n) is 16.4. The molecule has 0 aliphatic rings. The van der Waals surface area contributed by atoms with E-state index >= 15 is 0 Å². The van der Waals surface area contributed by atoms with Crippen LogP contribution in [-0.4, -0.2) is 26.7 Å². The first-order chi connectivity index (χ1) is 14.5. The highest BCUT2D eigenvalue weighted by Gasteiger charge is 2.29. The maximum atomic E-state index is 13.3. The molecule has 1 unspecified atom stereocenters. The Morgan fingerprint density at radius 3 is 2.20 bits per heavy atom. The number of aromatic nitrogens is 1. The number of phenols is 1. The van der Waals surface area contributed by atoms with Gasteiger partial charge in [-0.2, -0.15) is 0 Å². The van der Waals surface area contributed by atoms with Crippen molar-refractivity contribution in [3.63, 3.8) is 0 Å². The molecule has 0 saturated heterocycles. The van der Waals surface area contributed by atoms with Gasteiger partial charge in [0.1, 0.15) is 5.75 Å². The largest absolute Gasteiger partial charge is 0.508 e. The third-order valence-electron chi connectivity index (χ3n) is 5.41. The Hall–Kier alpha value is -3.86. The minimum Gasteiger partial charge on any atom is -0.508 e. The maximum absolute atomic E-state index is 13.3. The number of carboxylic acids is 1. The quantitative estimate of drug-likeness (QED) is 0.507. The number of carbonyl (C=O) groups excluding carboxylic acids is 1. The molecule has 5 nitrogen and oxygen atoms in total. The molecule has 5 heteroatoms. The van der Waals surface area contributed by atoms with Gasteiger partial charge in [0.15, 0.2) is 0 Å². The molecule has 1 heterocycles. The van der Waals surface area contributed by atoms with E-state index in [1.54, 1.807) is 23.6 Å². The zero-order valence-corrected chi connectivity index (χ0v) is 16.4. The van der Waals surface area contributed by atoms with Crippen molar-refractivity contribution in [3.8, 4) is 5.75 Å². The molecule has 1 atom stereocenters. The van der Waals surface area contributed by atoms with Crippen molar-refractivity contribution in [3.05, 3.63) is 101 Å². The van der Waals surface area contributed by atoms with Gasteiger partial charge in [-0.3, -0.25) is 14.2 Å². The van der Waals surface area contributed by atoms with E-state index in [2.05, 4.69) is 0 Å². The van der Waals surface area contributed by atoms with Gasteiger partial charge in [0, 0.05) is 16.6 Å². The second-order valence-electron chi connectivity index (χ2n) is 7.28. The van der Waals surface area contributed by atoms with E-state index in [9.17, 15) is 19.8 Å². The number of hydrogen-bond donors (Lipinski definition) is 2. The Bertz CT molecular complexity index is 1220. The molecule has 30 heavy (non-hydrogen) atoms. The molecule has 0 aliphatic carbocycles. The van der Waals surface area contributed by atoms with Gasteiger partial charge in [0.25, 0.3) is 5.91 Å². The molecule has 0 spiro atoms. The Kier molecular flexibility index (Phi) is 5.11.